The van der Waals surface area contributed by atoms with Crippen LogP contribution in [-0.2, 0) is 11.3 Å². The number of carboxylic acid groups (broad SMARTS) is 1. The molecule has 0 aliphatic carbocycles. The Bertz CT molecular complexity index is 558. The van der Waals surface area contributed by atoms with Crippen molar-refractivity contribution in [2.45, 2.75) is 11.4 Å². The van der Waals surface area contributed by atoms with Crippen LogP contribution in [0.25, 0.3) is 0 Å². The minimum atomic E-state index is -0.803. The summed E-state index contributed by atoms with van der Waals surface area (Å²) < 4.78 is 2.04. The van der Waals surface area contributed by atoms with E-state index in [2.05, 4.69) is 0 Å². The zero-order valence-electron chi connectivity index (χ0n) is 10.5. The fourth-order valence-corrected chi connectivity index (χ4v) is 2.32. The Balaban J connectivity index is 0.00000200. The highest BCUT2D eigenvalue weighted by atomic mass is 35.5. The van der Waals surface area contributed by atoms with Gasteiger partial charge in [-0.1, -0.05) is 23.7 Å². The van der Waals surface area contributed by atoms with Crippen molar-refractivity contribution in [2.75, 3.05) is 5.75 Å². The van der Waals surface area contributed by atoms with Gasteiger partial charge in [-0.25, -0.2) is 4.57 Å². The highest BCUT2D eigenvalue weighted by molar-refractivity contribution is 8.00. The number of pyridine rings is 1. The Kier molecular flexibility index (Phi) is 6.85. The van der Waals surface area contributed by atoms with Crippen LogP contribution < -0.4 is 17.0 Å². The number of rotatable bonds is 5. The molecule has 2 aromatic rings. The highest BCUT2D eigenvalue weighted by Crippen LogP contribution is 2.15. The first-order valence-electron chi connectivity index (χ1n) is 5.71. The second kappa shape index (κ2) is 8.15. The monoisotopic (exact) mass is 329 g/mol. The molecule has 0 saturated carbocycles. The second-order valence-corrected chi connectivity index (χ2v) is 5.50. The Labute approximate surface area is 133 Å². The predicted octanol–water partition coefficient (Wildman–Crippen LogP) is -0.143. The van der Waals surface area contributed by atoms with Gasteiger partial charge in [0.15, 0.2) is 18.9 Å². The summed E-state index contributed by atoms with van der Waals surface area (Å²) in [4.78, 5) is 11.4. The van der Waals surface area contributed by atoms with Crippen LogP contribution >= 0.6 is 23.4 Å². The molecule has 2 rings (SSSR count). The Morgan fingerprint density at radius 2 is 1.75 bits per heavy atom. The first-order chi connectivity index (χ1) is 9.13. The van der Waals surface area contributed by atoms with Crippen molar-refractivity contribution in [3.05, 3.63) is 59.4 Å². The zero-order chi connectivity index (χ0) is 13.7. The number of aromatic nitrogens is 1. The Hall–Kier alpha value is -1.23. The number of aliphatic carboxylic acids is 1. The van der Waals surface area contributed by atoms with Crippen LogP contribution in [0.2, 0.25) is 5.02 Å². The SMILES string of the molecule is O=C(O)CSc1cc[n+](Cc2ccc(Cl)cc2)cc1.[Cl-]. The minimum absolute atomic E-state index is 0. The third-order valence-electron chi connectivity index (χ3n) is 2.50. The van der Waals surface area contributed by atoms with E-state index in [4.69, 9.17) is 16.7 Å². The molecule has 0 unspecified atom stereocenters. The largest absolute Gasteiger partial charge is 1.00 e. The summed E-state index contributed by atoms with van der Waals surface area (Å²) in [5.41, 5.74) is 1.17. The molecule has 6 heteroatoms. The van der Waals surface area contributed by atoms with Gasteiger partial charge < -0.3 is 17.5 Å². The van der Waals surface area contributed by atoms with E-state index in [0.29, 0.717) is 0 Å². The maximum absolute atomic E-state index is 10.5. The third-order valence-corrected chi connectivity index (χ3v) is 3.75. The number of hydrogen-bond donors (Lipinski definition) is 1. The van der Waals surface area contributed by atoms with Gasteiger partial charge in [-0.15, -0.1) is 11.8 Å². The number of nitrogens with zero attached hydrogens (tertiary/aromatic N) is 1. The van der Waals surface area contributed by atoms with Crippen LogP contribution in [0.1, 0.15) is 5.56 Å². The fourth-order valence-electron chi connectivity index (χ4n) is 1.59. The van der Waals surface area contributed by atoms with Gasteiger partial charge in [0.25, 0.3) is 0 Å². The van der Waals surface area contributed by atoms with Gasteiger partial charge >= 0.3 is 5.97 Å². The Morgan fingerprint density at radius 3 is 2.30 bits per heavy atom. The topological polar surface area (TPSA) is 41.2 Å². The van der Waals surface area contributed by atoms with Crippen molar-refractivity contribution in [3.8, 4) is 0 Å². The van der Waals surface area contributed by atoms with E-state index in [1.165, 1.54) is 17.3 Å². The molecule has 1 heterocycles. The van der Waals surface area contributed by atoms with E-state index < -0.39 is 5.97 Å². The van der Waals surface area contributed by atoms with E-state index in [9.17, 15) is 4.79 Å². The number of hydrogen-bond acceptors (Lipinski definition) is 2. The van der Waals surface area contributed by atoms with Gasteiger partial charge in [0.05, 0.1) is 5.75 Å². The van der Waals surface area contributed by atoms with Crippen LogP contribution in [0.5, 0.6) is 0 Å². The summed E-state index contributed by atoms with van der Waals surface area (Å²) in [6.07, 6.45) is 3.89. The van der Waals surface area contributed by atoms with Gasteiger partial charge in [-0.3, -0.25) is 4.79 Å². The van der Waals surface area contributed by atoms with Gasteiger partial charge in [0, 0.05) is 27.6 Å². The van der Waals surface area contributed by atoms with Gasteiger partial charge in [0.2, 0.25) is 0 Å². The van der Waals surface area contributed by atoms with E-state index in [0.717, 1.165) is 16.5 Å². The average molecular weight is 330 g/mol. The summed E-state index contributed by atoms with van der Waals surface area (Å²) in [6, 6.07) is 11.6. The molecule has 0 spiro atoms. The molecule has 3 nitrogen and oxygen atoms in total. The highest BCUT2D eigenvalue weighted by Gasteiger charge is 2.05. The summed E-state index contributed by atoms with van der Waals surface area (Å²) in [7, 11) is 0. The lowest BCUT2D eigenvalue weighted by Crippen LogP contribution is -3.00. The molecule has 1 aromatic carbocycles. The molecule has 0 saturated heterocycles. The van der Waals surface area contributed by atoms with E-state index >= 15 is 0 Å². The van der Waals surface area contributed by atoms with Gasteiger partial charge in [0.1, 0.15) is 0 Å². The molecular weight excluding hydrogens is 317 g/mol. The molecule has 0 amide bonds. The van der Waals surface area contributed by atoms with Crippen molar-refractivity contribution in [3.63, 3.8) is 0 Å². The molecule has 0 aliphatic rings. The lowest BCUT2D eigenvalue weighted by Gasteiger charge is -2.00. The maximum Gasteiger partial charge on any atom is 0.313 e. The lowest BCUT2D eigenvalue weighted by molar-refractivity contribution is -0.688. The maximum atomic E-state index is 10.5. The summed E-state index contributed by atoms with van der Waals surface area (Å²) in [6.45, 7) is 0.765. The molecule has 0 aliphatic heterocycles. The summed E-state index contributed by atoms with van der Waals surface area (Å²) in [5.74, 6) is -0.718. The average Bonchev–Trinajstić information content (AvgIpc) is 2.40. The van der Waals surface area contributed by atoms with Gasteiger partial charge in [-0.05, 0) is 12.1 Å². The van der Waals surface area contributed by atoms with Crippen molar-refractivity contribution in [1.82, 2.24) is 0 Å². The third kappa shape index (κ3) is 5.41. The normalized spacial score (nSPS) is 9.85. The fraction of sp³-hybridized carbons (Fsp3) is 0.143. The number of carboxylic acids is 1. The Morgan fingerprint density at radius 1 is 1.15 bits per heavy atom. The first kappa shape index (κ1) is 16.8. The van der Waals surface area contributed by atoms with Crippen LogP contribution in [0, 0.1) is 0 Å². The van der Waals surface area contributed by atoms with Crippen molar-refractivity contribution in [1.29, 1.82) is 0 Å². The van der Waals surface area contributed by atoms with Crippen LogP contribution in [0.3, 0.4) is 0 Å². The van der Waals surface area contributed by atoms with Crippen LogP contribution in [-0.4, -0.2) is 16.8 Å². The molecule has 1 aromatic heterocycles. The predicted molar refractivity (Wildman–Crippen MR) is 75.6 cm³/mol. The van der Waals surface area contributed by atoms with E-state index in [1.807, 2.05) is 53.4 Å². The molecule has 0 fully saturated rings. The summed E-state index contributed by atoms with van der Waals surface area (Å²) >= 11 is 7.15. The van der Waals surface area contributed by atoms with E-state index in [1.54, 1.807) is 0 Å². The van der Waals surface area contributed by atoms with E-state index in [-0.39, 0.29) is 18.2 Å². The molecular formula is C14H13Cl2NO2S. The van der Waals surface area contributed by atoms with Crippen molar-refractivity contribution >= 4 is 29.3 Å². The first-order valence-corrected chi connectivity index (χ1v) is 7.08. The quantitative estimate of drug-likeness (QED) is 0.613. The molecule has 106 valence electrons. The molecule has 0 bridgehead atoms. The van der Waals surface area contributed by atoms with Crippen molar-refractivity contribution < 1.29 is 26.9 Å². The number of halogens is 2. The molecule has 20 heavy (non-hydrogen) atoms. The molecule has 0 atom stereocenters. The summed E-state index contributed by atoms with van der Waals surface area (Å²) in [5, 5.41) is 9.34. The standard InChI is InChI=1S/C14H12ClNO2S.ClH/c15-12-3-1-11(2-4-12)9-16-7-5-13(6-8-16)19-10-14(17)18;/h1-8H,9-10H2;1H. The van der Waals surface area contributed by atoms with Crippen molar-refractivity contribution in [2.24, 2.45) is 0 Å². The molecule has 0 radical (unpaired) electrons. The van der Waals surface area contributed by atoms with Crippen LogP contribution in [0.4, 0.5) is 0 Å². The lowest BCUT2D eigenvalue weighted by atomic mass is 10.2. The van der Waals surface area contributed by atoms with Gasteiger partial charge in [-0.2, -0.15) is 0 Å². The zero-order valence-corrected chi connectivity index (χ0v) is 12.8. The number of thioether (sulfide) groups is 1. The minimum Gasteiger partial charge on any atom is -1.00 e. The number of benzene rings is 1. The smallest absolute Gasteiger partial charge is 0.313 e. The number of carbonyl (C=O) groups is 1. The second-order valence-electron chi connectivity index (χ2n) is 4.02. The molecule has 1 N–H and O–H groups in total. The van der Waals surface area contributed by atoms with Crippen LogP contribution in [0.15, 0.2) is 53.7 Å².